The molecule has 10 nitrogen and oxygen atoms in total. The number of hydrogen-bond acceptors (Lipinski definition) is 7. The van der Waals surface area contributed by atoms with Crippen LogP contribution in [0.1, 0.15) is 18.3 Å². The van der Waals surface area contributed by atoms with Crippen molar-refractivity contribution in [2.24, 2.45) is 5.73 Å². The number of anilines is 2. The summed E-state index contributed by atoms with van der Waals surface area (Å²) in [6, 6.07) is 5.07. The van der Waals surface area contributed by atoms with Crippen LogP contribution < -0.4 is 11.1 Å². The molecule has 0 saturated carbocycles. The fourth-order valence-corrected chi connectivity index (χ4v) is 2.64. The van der Waals surface area contributed by atoms with E-state index >= 15 is 0 Å². The maximum Gasteiger partial charge on any atom is 0.416 e. The lowest BCUT2D eigenvalue weighted by molar-refractivity contribution is -0.143. The molecule has 0 atom stereocenters. The third kappa shape index (κ3) is 5.38. The van der Waals surface area contributed by atoms with E-state index in [-0.39, 0.29) is 31.5 Å². The van der Waals surface area contributed by atoms with Gasteiger partial charge in [0.05, 0.1) is 18.7 Å². The predicted molar refractivity (Wildman–Crippen MR) is 102 cm³/mol. The van der Waals surface area contributed by atoms with Crippen LogP contribution >= 0.6 is 0 Å². The Morgan fingerprint density at radius 1 is 1.23 bits per heavy atom. The summed E-state index contributed by atoms with van der Waals surface area (Å²) < 4.78 is 44.2. The standard InChI is InChI=1S/C18H18F3N7O3/c1-2-31-15(29)10-27(16(22)30)9-14-23-8-7-13-25-17(26-28(13)14)24-12-5-3-11(4-6-12)18(19,20)21/h3-8H,2,9-10H2,1H3,(H2,22,30)(H,24,26). The summed E-state index contributed by atoms with van der Waals surface area (Å²) in [6.07, 6.45) is -3.00. The molecule has 0 aliphatic heterocycles. The van der Waals surface area contributed by atoms with Crippen LogP contribution in [-0.2, 0) is 22.3 Å². The van der Waals surface area contributed by atoms with Gasteiger partial charge in [0.25, 0.3) is 0 Å². The van der Waals surface area contributed by atoms with Gasteiger partial charge in [0.1, 0.15) is 6.54 Å². The van der Waals surface area contributed by atoms with Crippen LogP contribution in [0, 0.1) is 0 Å². The van der Waals surface area contributed by atoms with Gasteiger partial charge in [0.2, 0.25) is 5.95 Å². The van der Waals surface area contributed by atoms with E-state index in [1.165, 1.54) is 22.8 Å². The number of nitrogens with two attached hydrogens (primary N) is 1. The molecule has 164 valence electrons. The lowest BCUT2D eigenvalue weighted by atomic mass is 10.2. The molecule has 31 heavy (non-hydrogen) atoms. The van der Waals surface area contributed by atoms with E-state index in [0.717, 1.165) is 17.0 Å². The van der Waals surface area contributed by atoms with Crippen molar-refractivity contribution in [1.29, 1.82) is 0 Å². The number of benzene rings is 1. The maximum absolute atomic E-state index is 12.7. The number of fused-ring (bicyclic) bond motifs is 1. The normalized spacial score (nSPS) is 11.4. The fourth-order valence-electron chi connectivity index (χ4n) is 2.64. The molecular weight excluding hydrogens is 419 g/mol. The molecule has 0 radical (unpaired) electrons. The average Bonchev–Trinajstić information content (AvgIpc) is 3.10. The Morgan fingerprint density at radius 2 is 1.94 bits per heavy atom. The zero-order chi connectivity index (χ0) is 22.6. The number of alkyl halides is 3. The Balaban J connectivity index is 1.81. The molecule has 3 aromatic rings. The van der Waals surface area contributed by atoms with Crippen LogP contribution in [0.5, 0.6) is 0 Å². The van der Waals surface area contributed by atoms with Crippen LogP contribution in [0.3, 0.4) is 0 Å². The van der Waals surface area contributed by atoms with Crippen molar-refractivity contribution in [3.63, 3.8) is 0 Å². The summed E-state index contributed by atoms with van der Waals surface area (Å²) in [5.74, 6) is -0.268. The number of nitrogens with one attached hydrogen (secondary N) is 1. The summed E-state index contributed by atoms with van der Waals surface area (Å²) in [7, 11) is 0. The largest absolute Gasteiger partial charge is 0.465 e. The Bertz CT molecular complexity index is 1080. The van der Waals surface area contributed by atoms with Crippen molar-refractivity contribution < 1.29 is 27.5 Å². The van der Waals surface area contributed by atoms with Crippen molar-refractivity contribution >= 4 is 29.3 Å². The van der Waals surface area contributed by atoms with Crippen molar-refractivity contribution in [2.45, 2.75) is 19.6 Å². The average molecular weight is 437 g/mol. The molecule has 0 fully saturated rings. The van der Waals surface area contributed by atoms with Crippen LogP contribution in [-0.4, -0.2) is 49.6 Å². The lowest BCUT2D eigenvalue weighted by Crippen LogP contribution is -2.40. The van der Waals surface area contributed by atoms with Crippen molar-refractivity contribution in [2.75, 3.05) is 18.5 Å². The number of urea groups is 1. The minimum absolute atomic E-state index is 0.102. The number of amides is 2. The topological polar surface area (TPSA) is 128 Å². The molecule has 0 unspecified atom stereocenters. The minimum atomic E-state index is -4.43. The summed E-state index contributed by atoms with van der Waals surface area (Å²) in [5.41, 5.74) is 5.27. The Labute approximate surface area is 173 Å². The highest BCUT2D eigenvalue weighted by Crippen LogP contribution is 2.30. The van der Waals surface area contributed by atoms with Crippen LogP contribution in [0.25, 0.3) is 5.65 Å². The van der Waals surface area contributed by atoms with Gasteiger partial charge in [-0.05, 0) is 31.2 Å². The molecule has 2 aromatic heterocycles. The quantitative estimate of drug-likeness (QED) is 0.543. The fraction of sp³-hybridized carbons (Fsp3) is 0.278. The van der Waals surface area contributed by atoms with Crippen LogP contribution in [0.4, 0.5) is 29.6 Å². The van der Waals surface area contributed by atoms with Crippen LogP contribution in [0.15, 0.2) is 36.5 Å². The van der Waals surface area contributed by atoms with Crippen LogP contribution in [0.2, 0.25) is 0 Å². The molecule has 0 spiro atoms. The molecule has 0 saturated heterocycles. The van der Waals surface area contributed by atoms with E-state index in [9.17, 15) is 22.8 Å². The number of primary amides is 1. The molecule has 1 aromatic carbocycles. The van der Waals surface area contributed by atoms with E-state index in [1.54, 1.807) is 13.0 Å². The Kier molecular flexibility index (Phi) is 6.22. The van der Waals surface area contributed by atoms with Crippen molar-refractivity contribution in [3.05, 3.63) is 47.9 Å². The van der Waals surface area contributed by atoms with Gasteiger partial charge in [-0.2, -0.15) is 22.7 Å². The first-order chi connectivity index (χ1) is 14.7. The maximum atomic E-state index is 12.7. The zero-order valence-electron chi connectivity index (χ0n) is 16.3. The molecule has 0 aliphatic rings. The number of carbonyl (C=O) groups is 2. The van der Waals surface area contributed by atoms with Gasteiger partial charge < -0.3 is 20.7 Å². The monoisotopic (exact) mass is 437 g/mol. The smallest absolute Gasteiger partial charge is 0.416 e. The van der Waals surface area contributed by atoms with E-state index in [0.29, 0.717) is 11.3 Å². The summed E-state index contributed by atoms with van der Waals surface area (Å²) >= 11 is 0. The highest BCUT2D eigenvalue weighted by atomic mass is 19.4. The van der Waals surface area contributed by atoms with Gasteiger partial charge in [-0.1, -0.05) is 0 Å². The predicted octanol–water partition coefficient (Wildman–Crippen LogP) is 2.33. The van der Waals surface area contributed by atoms with Crippen molar-refractivity contribution in [3.8, 4) is 0 Å². The van der Waals surface area contributed by atoms with Gasteiger partial charge in [-0.25, -0.2) is 9.78 Å². The summed E-state index contributed by atoms with van der Waals surface area (Å²) in [4.78, 5) is 32.8. The molecule has 2 heterocycles. The number of aromatic nitrogens is 4. The number of halogens is 3. The van der Waals surface area contributed by atoms with Gasteiger partial charge >= 0.3 is 18.2 Å². The summed E-state index contributed by atoms with van der Waals surface area (Å²) in [6.45, 7) is 1.28. The highest BCUT2D eigenvalue weighted by molar-refractivity contribution is 5.79. The first kappa shape index (κ1) is 21.8. The van der Waals surface area contributed by atoms with E-state index in [1.807, 2.05) is 0 Å². The first-order valence-corrected chi connectivity index (χ1v) is 9.02. The van der Waals surface area contributed by atoms with Gasteiger partial charge in [0, 0.05) is 18.0 Å². The Morgan fingerprint density at radius 3 is 2.55 bits per heavy atom. The van der Waals surface area contributed by atoms with E-state index in [2.05, 4.69) is 20.4 Å². The lowest BCUT2D eigenvalue weighted by Gasteiger charge is -2.18. The second-order valence-electron chi connectivity index (χ2n) is 6.27. The molecule has 0 aliphatic carbocycles. The second kappa shape index (κ2) is 8.85. The first-order valence-electron chi connectivity index (χ1n) is 9.02. The molecule has 3 rings (SSSR count). The van der Waals surface area contributed by atoms with E-state index in [4.69, 9.17) is 10.5 Å². The number of nitrogens with zero attached hydrogens (tertiary/aromatic N) is 5. The second-order valence-corrected chi connectivity index (χ2v) is 6.27. The third-order valence-corrected chi connectivity index (χ3v) is 4.06. The minimum Gasteiger partial charge on any atom is -0.465 e. The number of hydrogen-bond donors (Lipinski definition) is 2. The van der Waals surface area contributed by atoms with Gasteiger partial charge in [0.15, 0.2) is 11.5 Å². The van der Waals surface area contributed by atoms with Crippen molar-refractivity contribution in [1.82, 2.24) is 24.5 Å². The number of ether oxygens (including phenoxy) is 1. The number of rotatable bonds is 7. The number of carbonyl (C=O) groups excluding carboxylic acids is 2. The van der Waals surface area contributed by atoms with Gasteiger partial charge in [-0.15, -0.1) is 5.10 Å². The van der Waals surface area contributed by atoms with Gasteiger partial charge in [-0.3, -0.25) is 4.79 Å². The Hall–Kier alpha value is -3.90. The molecule has 3 N–H and O–H groups in total. The molecule has 2 amide bonds. The third-order valence-electron chi connectivity index (χ3n) is 4.06. The molecule has 13 heteroatoms. The SMILES string of the molecule is CCOC(=O)CN(Cc1nccc2nc(Nc3ccc(C(F)(F)F)cc3)nn12)C(N)=O. The highest BCUT2D eigenvalue weighted by Gasteiger charge is 2.30. The van der Waals surface area contributed by atoms with E-state index < -0.39 is 23.7 Å². The summed E-state index contributed by atoms with van der Waals surface area (Å²) in [5, 5.41) is 7.03. The zero-order valence-corrected chi connectivity index (χ0v) is 16.3. The molecule has 0 bridgehead atoms. The number of esters is 1. The molecular formula is C18H18F3N7O3.